The Bertz CT molecular complexity index is 267. The van der Waals surface area contributed by atoms with Crippen LogP contribution in [0.3, 0.4) is 0 Å². The van der Waals surface area contributed by atoms with Gasteiger partial charge in [-0.1, -0.05) is 45.4 Å². The number of unbranched alkanes of at least 4 members (excludes halogenated alkanes) is 5. The fourth-order valence-electron chi connectivity index (χ4n) is 1.89. The van der Waals surface area contributed by atoms with Crippen LogP contribution in [0, 0.1) is 0 Å². The third-order valence-corrected chi connectivity index (χ3v) is 4.26. The molecule has 0 saturated heterocycles. The SMILES string of the molecule is CCCCCC(CCCCCCO)S(=O)(=O)[O-].[Na+]. The molecule has 18 heavy (non-hydrogen) atoms. The summed E-state index contributed by atoms with van der Waals surface area (Å²) in [6, 6.07) is 0. The van der Waals surface area contributed by atoms with E-state index in [0.29, 0.717) is 12.8 Å². The van der Waals surface area contributed by atoms with Gasteiger partial charge in [-0.3, -0.25) is 0 Å². The quantitative estimate of drug-likeness (QED) is 0.314. The molecule has 104 valence electrons. The predicted molar refractivity (Wildman–Crippen MR) is 67.8 cm³/mol. The maximum absolute atomic E-state index is 11.0. The smallest absolute Gasteiger partial charge is 0.748 e. The van der Waals surface area contributed by atoms with E-state index in [1.54, 1.807) is 0 Å². The van der Waals surface area contributed by atoms with Gasteiger partial charge in [0.15, 0.2) is 0 Å². The van der Waals surface area contributed by atoms with Gasteiger partial charge in [-0.05, 0) is 19.3 Å². The van der Waals surface area contributed by atoms with E-state index in [2.05, 4.69) is 6.92 Å². The van der Waals surface area contributed by atoms with Crippen molar-refractivity contribution in [2.75, 3.05) is 6.61 Å². The van der Waals surface area contributed by atoms with Crippen LogP contribution in [-0.4, -0.2) is 29.9 Å². The van der Waals surface area contributed by atoms with E-state index in [1.807, 2.05) is 0 Å². The third kappa shape index (κ3) is 11.9. The Morgan fingerprint density at radius 3 is 1.94 bits per heavy atom. The van der Waals surface area contributed by atoms with E-state index >= 15 is 0 Å². The van der Waals surface area contributed by atoms with Crippen LogP contribution in [-0.2, 0) is 10.1 Å². The van der Waals surface area contributed by atoms with Crippen LogP contribution in [0.2, 0.25) is 0 Å². The molecule has 0 aromatic rings. The normalized spacial score (nSPS) is 13.1. The first kappa shape index (κ1) is 21.2. The van der Waals surface area contributed by atoms with Gasteiger partial charge in [0.2, 0.25) is 0 Å². The van der Waals surface area contributed by atoms with Gasteiger partial charge in [-0.25, -0.2) is 8.42 Å². The van der Waals surface area contributed by atoms with Gasteiger partial charge in [-0.15, -0.1) is 0 Å². The van der Waals surface area contributed by atoms with E-state index in [4.69, 9.17) is 5.11 Å². The summed E-state index contributed by atoms with van der Waals surface area (Å²) in [6.45, 7) is 2.23. The largest absolute Gasteiger partial charge is 1.00 e. The van der Waals surface area contributed by atoms with Crippen LogP contribution in [0.25, 0.3) is 0 Å². The zero-order valence-electron chi connectivity index (χ0n) is 11.7. The molecule has 0 radical (unpaired) electrons. The van der Waals surface area contributed by atoms with Gasteiger partial charge in [-0.2, -0.15) is 0 Å². The summed E-state index contributed by atoms with van der Waals surface area (Å²) in [4.78, 5) is 0. The third-order valence-electron chi connectivity index (χ3n) is 2.97. The van der Waals surface area contributed by atoms with Crippen molar-refractivity contribution in [2.45, 2.75) is 70.0 Å². The summed E-state index contributed by atoms with van der Waals surface area (Å²) >= 11 is 0. The van der Waals surface area contributed by atoms with Gasteiger partial charge >= 0.3 is 29.6 Å². The van der Waals surface area contributed by atoms with Gasteiger partial charge in [0.25, 0.3) is 0 Å². The zero-order chi connectivity index (χ0) is 13.1. The van der Waals surface area contributed by atoms with Crippen molar-refractivity contribution in [3.8, 4) is 0 Å². The molecular formula is C12H25NaO4S. The fraction of sp³-hybridized carbons (Fsp3) is 1.00. The van der Waals surface area contributed by atoms with Gasteiger partial charge in [0.05, 0.1) is 10.1 Å². The molecule has 0 spiro atoms. The average Bonchev–Trinajstić information content (AvgIpc) is 2.25. The molecule has 0 aromatic heterocycles. The molecule has 0 saturated carbocycles. The first-order chi connectivity index (χ1) is 8.02. The first-order valence-electron chi connectivity index (χ1n) is 6.58. The number of rotatable bonds is 11. The fourth-order valence-corrected chi connectivity index (χ4v) is 2.80. The Labute approximate surface area is 134 Å². The predicted octanol–water partition coefficient (Wildman–Crippen LogP) is -0.573. The topological polar surface area (TPSA) is 77.4 Å². The maximum atomic E-state index is 11.0. The molecule has 0 aliphatic heterocycles. The minimum Gasteiger partial charge on any atom is -0.748 e. The standard InChI is InChI=1S/C12H26O4S.Na/c1-2-3-6-9-12(17(14,15)16)10-7-4-5-8-11-13;/h12-13H,2-11H2,1H3,(H,14,15,16);/q;+1/p-1. The van der Waals surface area contributed by atoms with E-state index in [-0.39, 0.29) is 36.2 Å². The molecule has 1 N–H and O–H groups in total. The number of hydrogen-bond acceptors (Lipinski definition) is 4. The number of aliphatic hydroxyl groups excluding tert-OH is 1. The van der Waals surface area contributed by atoms with Gasteiger partial charge in [0.1, 0.15) is 0 Å². The monoisotopic (exact) mass is 288 g/mol. The summed E-state index contributed by atoms with van der Waals surface area (Å²) in [6.07, 6.45) is 7.11. The van der Waals surface area contributed by atoms with Crippen molar-refractivity contribution in [1.29, 1.82) is 0 Å². The molecular weight excluding hydrogens is 263 g/mol. The summed E-state index contributed by atoms with van der Waals surface area (Å²) in [5.74, 6) is 0. The Hall–Kier alpha value is 0.870. The van der Waals surface area contributed by atoms with Crippen molar-refractivity contribution < 1.29 is 47.6 Å². The molecule has 0 amide bonds. The van der Waals surface area contributed by atoms with Crippen molar-refractivity contribution in [3.05, 3.63) is 0 Å². The van der Waals surface area contributed by atoms with Crippen LogP contribution < -0.4 is 29.6 Å². The second-order valence-electron chi connectivity index (χ2n) is 4.54. The maximum Gasteiger partial charge on any atom is 1.00 e. The van der Waals surface area contributed by atoms with Crippen LogP contribution in [0.5, 0.6) is 0 Å². The van der Waals surface area contributed by atoms with Crippen LogP contribution in [0.1, 0.15) is 64.7 Å². The molecule has 0 aliphatic carbocycles. The van der Waals surface area contributed by atoms with E-state index in [9.17, 15) is 13.0 Å². The summed E-state index contributed by atoms with van der Waals surface area (Å²) in [5, 5.41) is 7.90. The molecule has 0 aromatic carbocycles. The van der Waals surface area contributed by atoms with Crippen molar-refractivity contribution in [2.24, 2.45) is 0 Å². The summed E-state index contributed by atoms with van der Waals surface area (Å²) in [5.41, 5.74) is 0. The van der Waals surface area contributed by atoms with Crippen LogP contribution >= 0.6 is 0 Å². The van der Waals surface area contributed by atoms with E-state index in [1.165, 1.54) is 0 Å². The Morgan fingerprint density at radius 2 is 1.50 bits per heavy atom. The molecule has 0 bridgehead atoms. The molecule has 0 rings (SSSR count). The van der Waals surface area contributed by atoms with Crippen molar-refractivity contribution in [1.82, 2.24) is 0 Å². The second kappa shape index (κ2) is 12.9. The number of aliphatic hydroxyl groups is 1. The van der Waals surface area contributed by atoms with E-state index < -0.39 is 15.4 Å². The van der Waals surface area contributed by atoms with E-state index in [0.717, 1.165) is 44.9 Å². The zero-order valence-corrected chi connectivity index (χ0v) is 14.5. The minimum atomic E-state index is -4.14. The van der Waals surface area contributed by atoms with Crippen LogP contribution in [0.15, 0.2) is 0 Å². The molecule has 1 unspecified atom stereocenters. The van der Waals surface area contributed by atoms with Gasteiger partial charge < -0.3 is 9.66 Å². The summed E-state index contributed by atoms with van der Waals surface area (Å²) < 4.78 is 33.1. The molecule has 0 aliphatic rings. The Morgan fingerprint density at radius 1 is 1.00 bits per heavy atom. The molecule has 4 nitrogen and oxygen atoms in total. The first-order valence-corrected chi connectivity index (χ1v) is 8.05. The molecule has 6 heteroatoms. The molecule has 0 heterocycles. The number of hydrogen-bond donors (Lipinski definition) is 1. The van der Waals surface area contributed by atoms with Crippen molar-refractivity contribution in [3.63, 3.8) is 0 Å². The minimum absolute atomic E-state index is 0. The summed E-state index contributed by atoms with van der Waals surface area (Å²) in [7, 11) is -4.14. The molecule has 0 fully saturated rings. The van der Waals surface area contributed by atoms with Crippen LogP contribution in [0.4, 0.5) is 0 Å². The average molecular weight is 288 g/mol. The Kier molecular flexibility index (Phi) is 15.2. The van der Waals surface area contributed by atoms with Crippen molar-refractivity contribution >= 4 is 10.1 Å². The molecule has 1 atom stereocenters. The van der Waals surface area contributed by atoms with Gasteiger partial charge in [0, 0.05) is 11.9 Å². The Balaban J connectivity index is 0. The second-order valence-corrected chi connectivity index (χ2v) is 6.19.